The van der Waals surface area contributed by atoms with Crippen molar-refractivity contribution in [1.82, 2.24) is 4.90 Å². The molecule has 6 nitrogen and oxygen atoms in total. The van der Waals surface area contributed by atoms with Crippen molar-refractivity contribution < 1.29 is 19.1 Å². The fourth-order valence-corrected chi connectivity index (χ4v) is 1.73. The zero-order valence-electron chi connectivity index (χ0n) is 11.1. The van der Waals surface area contributed by atoms with E-state index in [4.69, 9.17) is 15.2 Å². The molecule has 104 valence electrons. The minimum atomic E-state index is -0.362. The molecule has 1 atom stereocenters. The molecule has 0 aromatic rings. The predicted octanol–water partition coefficient (Wildman–Crippen LogP) is -0.0957. The van der Waals surface area contributed by atoms with Gasteiger partial charge in [0, 0.05) is 19.7 Å². The topological polar surface area (TPSA) is 81.9 Å². The SMILES string of the molecule is CCOC(=O)CN(C(=O)CC(CN)OC)C1CC1. The average Bonchev–Trinajstić information content (AvgIpc) is 3.17. The van der Waals surface area contributed by atoms with Crippen molar-refractivity contribution in [2.75, 3.05) is 26.8 Å². The standard InChI is InChI=1S/C12H22N2O4/c1-3-18-12(16)8-14(9-4-5-9)11(15)6-10(7-13)17-2/h9-10H,3-8,13H2,1-2H3. The molecule has 0 heterocycles. The summed E-state index contributed by atoms with van der Waals surface area (Å²) in [7, 11) is 1.53. The summed E-state index contributed by atoms with van der Waals surface area (Å²) in [4.78, 5) is 25.1. The van der Waals surface area contributed by atoms with Crippen LogP contribution in [-0.4, -0.2) is 55.7 Å². The van der Waals surface area contributed by atoms with Gasteiger partial charge in [0.05, 0.1) is 19.1 Å². The maximum absolute atomic E-state index is 12.1. The fourth-order valence-electron chi connectivity index (χ4n) is 1.73. The monoisotopic (exact) mass is 258 g/mol. The van der Waals surface area contributed by atoms with E-state index in [0.29, 0.717) is 13.2 Å². The Bertz CT molecular complexity index is 288. The van der Waals surface area contributed by atoms with Crippen molar-refractivity contribution in [2.45, 2.75) is 38.3 Å². The van der Waals surface area contributed by atoms with E-state index in [1.165, 1.54) is 7.11 Å². The summed E-state index contributed by atoms with van der Waals surface area (Å²) in [5.41, 5.74) is 5.49. The highest BCUT2D eigenvalue weighted by atomic mass is 16.5. The summed E-state index contributed by atoms with van der Waals surface area (Å²) in [6, 6.07) is 0.178. The summed E-state index contributed by atoms with van der Waals surface area (Å²) in [5, 5.41) is 0. The van der Waals surface area contributed by atoms with Crippen molar-refractivity contribution in [2.24, 2.45) is 5.73 Å². The molecular weight excluding hydrogens is 236 g/mol. The van der Waals surface area contributed by atoms with Gasteiger partial charge in [-0.1, -0.05) is 0 Å². The van der Waals surface area contributed by atoms with Gasteiger partial charge in [0.2, 0.25) is 5.91 Å². The van der Waals surface area contributed by atoms with Gasteiger partial charge in [-0.2, -0.15) is 0 Å². The van der Waals surface area contributed by atoms with Crippen molar-refractivity contribution in [3.63, 3.8) is 0 Å². The predicted molar refractivity (Wildman–Crippen MR) is 65.8 cm³/mol. The Kier molecular flexibility index (Phi) is 6.07. The Hall–Kier alpha value is -1.14. The number of amides is 1. The van der Waals surface area contributed by atoms with Crippen LogP contribution in [0.5, 0.6) is 0 Å². The average molecular weight is 258 g/mol. The molecule has 18 heavy (non-hydrogen) atoms. The number of rotatable bonds is 8. The second-order valence-electron chi connectivity index (χ2n) is 4.36. The molecule has 1 aliphatic carbocycles. The van der Waals surface area contributed by atoms with E-state index in [0.717, 1.165) is 12.8 Å². The first-order valence-electron chi connectivity index (χ1n) is 6.30. The van der Waals surface area contributed by atoms with E-state index in [1.54, 1.807) is 11.8 Å². The number of nitrogens with zero attached hydrogens (tertiary/aromatic N) is 1. The maximum atomic E-state index is 12.1. The number of esters is 1. The number of hydrogen-bond acceptors (Lipinski definition) is 5. The smallest absolute Gasteiger partial charge is 0.325 e. The molecule has 0 radical (unpaired) electrons. The van der Waals surface area contributed by atoms with Crippen molar-refractivity contribution >= 4 is 11.9 Å². The molecule has 1 aliphatic rings. The number of ether oxygens (including phenoxy) is 2. The van der Waals surface area contributed by atoms with Crippen LogP contribution in [-0.2, 0) is 19.1 Å². The zero-order chi connectivity index (χ0) is 13.5. The Morgan fingerprint density at radius 2 is 2.11 bits per heavy atom. The minimum Gasteiger partial charge on any atom is -0.465 e. The number of nitrogens with two attached hydrogens (primary N) is 1. The first kappa shape index (κ1) is 14.9. The van der Waals surface area contributed by atoms with Crippen LogP contribution in [0.1, 0.15) is 26.2 Å². The fraction of sp³-hybridized carbons (Fsp3) is 0.833. The van der Waals surface area contributed by atoms with Crippen LogP contribution in [0.2, 0.25) is 0 Å². The Morgan fingerprint density at radius 3 is 2.56 bits per heavy atom. The quantitative estimate of drug-likeness (QED) is 0.615. The third-order valence-corrected chi connectivity index (χ3v) is 2.91. The molecule has 0 aliphatic heterocycles. The second kappa shape index (κ2) is 7.33. The molecule has 0 bridgehead atoms. The van der Waals surface area contributed by atoms with Crippen LogP contribution >= 0.6 is 0 Å². The van der Waals surface area contributed by atoms with Crippen LogP contribution in [0.15, 0.2) is 0 Å². The number of carbonyl (C=O) groups excluding carboxylic acids is 2. The zero-order valence-corrected chi connectivity index (χ0v) is 11.1. The van der Waals surface area contributed by atoms with Crippen LogP contribution in [0, 0.1) is 0 Å². The van der Waals surface area contributed by atoms with E-state index >= 15 is 0 Å². The van der Waals surface area contributed by atoms with Crippen LogP contribution in [0.3, 0.4) is 0 Å². The summed E-state index contributed by atoms with van der Waals surface area (Å²) < 4.78 is 9.95. The Labute approximate surface area is 107 Å². The van der Waals surface area contributed by atoms with Gasteiger partial charge in [-0.25, -0.2) is 0 Å². The Morgan fingerprint density at radius 1 is 1.44 bits per heavy atom. The molecule has 1 rings (SSSR count). The van der Waals surface area contributed by atoms with Crippen LogP contribution < -0.4 is 5.73 Å². The molecule has 0 aromatic carbocycles. The van der Waals surface area contributed by atoms with E-state index in [9.17, 15) is 9.59 Å². The molecule has 6 heteroatoms. The molecule has 1 amide bonds. The summed E-state index contributed by atoms with van der Waals surface area (Å²) in [6.07, 6.45) is 1.82. The first-order valence-corrected chi connectivity index (χ1v) is 6.30. The van der Waals surface area contributed by atoms with Crippen molar-refractivity contribution in [1.29, 1.82) is 0 Å². The van der Waals surface area contributed by atoms with Gasteiger partial charge in [-0.05, 0) is 19.8 Å². The number of hydrogen-bond donors (Lipinski definition) is 1. The summed E-state index contributed by atoms with van der Waals surface area (Å²) in [5.74, 6) is -0.456. The normalized spacial score (nSPS) is 16.2. The number of carbonyl (C=O) groups is 2. The van der Waals surface area contributed by atoms with Gasteiger partial charge in [0.25, 0.3) is 0 Å². The molecule has 2 N–H and O–H groups in total. The third kappa shape index (κ3) is 4.62. The van der Waals surface area contributed by atoms with E-state index in [-0.39, 0.29) is 37.0 Å². The first-order chi connectivity index (χ1) is 8.62. The lowest BCUT2D eigenvalue weighted by atomic mass is 10.2. The van der Waals surface area contributed by atoms with E-state index < -0.39 is 0 Å². The number of methoxy groups -OCH3 is 1. The van der Waals surface area contributed by atoms with Gasteiger partial charge in [-0.3, -0.25) is 9.59 Å². The lowest BCUT2D eigenvalue weighted by Crippen LogP contribution is -2.41. The molecular formula is C12H22N2O4. The van der Waals surface area contributed by atoms with Crippen molar-refractivity contribution in [3.8, 4) is 0 Å². The van der Waals surface area contributed by atoms with Gasteiger partial charge in [0.1, 0.15) is 6.54 Å². The molecule has 1 fully saturated rings. The molecule has 1 unspecified atom stereocenters. The lowest BCUT2D eigenvalue weighted by molar-refractivity contribution is -0.150. The van der Waals surface area contributed by atoms with Crippen LogP contribution in [0.4, 0.5) is 0 Å². The summed E-state index contributed by atoms with van der Waals surface area (Å²) >= 11 is 0. The Balaban J connectivity index is 2.50. The van der Waals surface area contributed by atoms with Gasteiger partial charge in [0.15, 0.2) is 0 Å². The largest absolute Gasteiger partial charge is 0.465 e. The molecule has 0 aromatic heterocycles. The van der Waals surface area contributed by atoms with Gasteiger partial charge in [-0.15, -0.1) is 0 Å². The molecule has 0 saturated heterocycles. The van der Waals surface area contributed by atoms with E-state index in [2.05, 4.69) is 0 Å². The third-order valence-electron chi connectivity index (χ3n) is 2.91. The van der Waals surface area contributed by atoms with E-state index in [1.807, 2.05) is 0 Å². The second-order valence-corrected chi connectivity index (χ2v) is 4.36. The summed E-state index contributed by atoms with van der Waals surface area (Å²) in [6.45, 7) is 2.39. The lowest BCUT2D eigenvalue weighted by Gasteiger charge is -2.23. The van der Waals surface area contributed by atoms with Crippen LogP contribution in [0.25, 0.3) is 0 Å². The van der Waals surface area contributed by atoms with Gasteiger partial charge >= 0.3 is 5.97 Å². The van der Waals surface area contributed by atoms with Crippen molar-refractivity contribution in [3.05, 3.63) is 0 Å². The minimum absolute atomic E-state index is 0.0261. The highest BCUT2D eigenvalue weighted by Crippen LogP contribution is 2.27. The highest BCUT2D eigenvalue weighted by molar-refractivity contribution is 5.83. The molecule has 1 saturated carbocycles. The molecule has 0 spiro atoms. The van der Waals surface area contributed by atoms with Gasteiger partial charge < -0.3 is 20.1 Å². The highest BCUT2D eigenvalue weighted by Gasteiger charge is 2.34. The maximum Gasteiger partial charge on any atom is 0.325 e.